The van der Waals surface area contributed by atoms with Gasteiger partial charge in [-0.3, -0.25) is 0 Å². The zero-order valence-electron chi connectivity index (χ0n) is 10.6. The van der Waals surface area contributed by atoms with E-state index in [4.69, 9.17) is 22.1 Å². The topological polar surface area (TPSA) is 106 Å². The summed E-state index contributed by atoms with van der Waals surface area (Å²) < 4.78 is 30.1. The Morgan fingerprint density at radius 2 is 2.26 bits per heavy atom. The van der Waals surface area contributed by atoms with Crippen LogP contribution in [0.25, 0.3) is 0 Å². The fraction of sp³-hybridized carbons (Fsp3) is 0.500. The molecule has 1 atom stereocenters. The number of aliphatic hydroxyl groups is 1. The largest absolute Gasteiger partial charge is 0.389 e. The van der Waals surface area contributed by atoms with E-state index in [1.165, 1.54) is 20.2 Å². The van der Waals surface area contributed by atoms with E-state index in [1.807, 2.05) is 0 Å². The second-order valence-corrected chi connectivity index (χ2v) is 6.38. The zero-order chi connectivity index (χ0) is 14.6. The number of methoxy groups -OCH3 is 1. The average molecular weight is 310 g/mol. The molecular formula is C10H16ClN3O4S. The molecule has 0 saturated heterocycles. The van der Waals surface area contributed by atoms with Gasteiger partial charge >= 0.3 is 0 Å². The standard InChI is InChI=1S/C10H16ClN3O4S/c1-14(5-7(15)6-18-2)19(16,17)8-3-9(11)10(12)13-4-8/h3-4,7,15H,5-6H2,1-2H3,(H2,12,13). The van der Waals surface area contributed by atoms with Gasteiger partial charge in [0.1, 0.15) is 10.7 Å². The number of aliphatic hydroxyl groups excluding tert-OH is 1. The zero-order valence-corrected chi connectivity index (χ0v) is 12.1. The second-order valence-electron chi connectivity index (χ2n) is 3.93. The van der Waals surface area contributed by atoms with Crippen molar-refractivity contribution in [2.45, 2.75) is 11.0 Å². The molecule has 108 valence electrons. The van der Waals surface area contributed by atoms with Crippen LogP contribution in [0.3, 0.4) is 0 Å². The van der Waals surface area contributed by atoms with E-state index >= 15 is 0 Å². The first-order valence-corrected chi connectivity index (χ1v) is 7.15. The number of nitrogen functional groups attached to an aromatic ring is 1. The quantitative estimate of drug-likeness (QED) is 0.763. The molecule has 1 aromatic rings. The smallest absolute Gasteiger partial charge is 0.244 e. The Labute approximate surface area is 117 Å². The van der Waals surface area contributed by atoms with E-state index in [0.717, 1.165) is 10.5 Å². The molecule has 0 aliphatic rings. The van der Waals surface area contributed by atoms with Gasteiger partial charge in [-0.2, -0.15) is 4.31 Å². The molecule has 0 aliphatic carbocycles. The number of pyridine rings is 1. The monoisotopic (exact) mass is 309 g/mol. The minimum absolute atomic E-state index is 0.0423. The van der Waals surface area contributed by atoms with Crippen LogP contribution in [0.15, 0.2) is 17.2 Å². The molecule has 3 N–H and O–H groups in total. The molecule has 0 fully saturated rings. The summed E-state index contributed by atoms with van der Waals surface area (Å²) >= 11 is 5.74. The number of aromatic nitrogens is 1. The Balaban J connectivity index is 2.93. The predicted molar refractivity (Wildman–Crippen MR) is 71.4 cm³/mol. The first-order chi connectivity index (χ1) is 8.78. The molecule has 0 radical (unpaired) electrons. The van der Waals surface area contributed by atoms with Crippen LogP contribution in [-0.4, -0.2) is 56.2 Å². The summed E-state index contributed by atoms with van der Waals surface area (Å²) in [6.07, 6.45) is 0.206. The fourth-order valence-corrected chi connectivity index (χ4v) is 2.80. The van der Waals surface area contributed by atoms with Crippen LogP contribution in [0.2, 0.25) is 5.02 Å². The maximum absolute atomic E-state index is 12.2. The van der Waals surface area contributed by atoms with E-state index in [2.05, 4.69) is 4.98 Å². The molecular weight excluding hydrogens is 294 g/mol. The SMILES string of the molecule is COCC(O)CN(C)S(=O)(=O)c1cnc(N)c(Cl)c1. The summed E-state index contributed by atoms with van der Waals surface area (Å²) in [4.78, 5) is 3.61. The molecule has 1 heterocycles. The van der Waals surface area contributed by atoms with Gasteiger partial charge in [-0.15, -0.1) is 0 Å². The van der Waals surface area contributed by atoms with E-state index in [-0.39, 0.29) is 28.9 Å². The highest BCUT2D eigenvalue weighted by atomic mass is 35.5. The van der Waals surface area contributed by atoms with E-state index in [0.29, 0.717) is 0 Å². The lowest BCUT2D eigenvalue weighted by molar-refractivity contribution is 0.0554. The molecule has 1 aromatic heterocycles. The Kier molecular flexibility index (Phi) is 5.50. The minimum Gasteiger partial charge on any atom is -0.389 e. The first-order valence-electron chi connectivity index (χ1n) is 5.33. The number of ether oxygens (including phenoxy) is 1. The predicted octanol–water partition coefficient (Wildman–Crippen LogP) is -0.0550. The van der Waals surface area contributed by atoms with E-state index < -0.39 is 16.1 Å². The lowest BCUT2D eigenvalue weighted by Crippen LogP contribution is -2.36. The maximum Gasteiger partial charge on any atom is 0.244 e. The van der Waals surface area contributed by atoms with Crippen molar-refractivity contribution in [2.24, 2.45) is 0 Å². The average Bonchev–Trinajstić information content (AvgIpc) is 2.32. The molecule has 0 saturated carbocycles. The third kappa shape index (κ3) is 4.02. The molecule has 0 amide bonds. The number of anilines is 1. The van der Waals surface area contributed by atoms with Crippen LogP contribution in [0, 0.1) is 0 Å². The van der Waals surface area contributed by atoms with Gasteiger partial charge in [0.05, 0.1) is 17.7 Å². The van der Waals surface area contributed by atoms with Gasteiger partial charge in [0.15, 0.2) is 0 Å². The van der Waals surface area contributed by atoms with Crippen molar-refractivity contribution in [3.05, 3.63) is 17.3 Å². The van der Waals surface area contributed by atoms with Gasteiger partial charge < -0.3 is 15.6 Å². The van der Waals surface area contributed by atoms with Gasteiger partial charge in [-0.25, -0.2) is 13.4 Å². The molecule has 7 nitrogen and oxygen atoms in total. The summed E-state index contributed by atoms with van der Waals surface area (Å²) in [7, 11) is -1.01. The molecule has 0 aromatic carbocycles. The summed E-state index contributed by atoms with van der Waals surface area (Å²) in [6.45, 7) is -0.0568. The van der Waals surface area contributed by atoms with Crippen LogP contribution < -0.4 is 5.73 Å². The van der Waals surface area contributed by atoms with Crippen LogP contribution in [0.5, 0.6) is 0 Å². The number of likely N-dealkylation sites (N-methyl/N-ethyl adjacent to an activating group) is 1. The van der Waals surface area contributed by atoms with Crippen molar-refractivity contribution in [3.8, 4) is 0 Å². The highest BCUT2D eigenvalue weighted by Crippen LogP contribution is 2.21. The van der Waals surface area contributed by atoms with Crippen LogP contribution in [0.4, 0.5) is 5.82 Å². The van der Waals surface area contributed by atoms with Crippen molar-refractivity contribution in [3.63, 3.8) is 0 Å². The van der Waals surface area contributed by atoms with Crippen molar-refractivity contribution < 1.29 is 18.3 Å². The van der Waals surface area contributed by atoms with Crippen molar-refractivity contribution in [1.29, 1.82) is 0 Å². The number of hydrogen-bond acceptors (Lipinski definition) is 6. The van der Waals surface area contributed by atoms with Gasteiger partial charge in [-0.1, -0.05) is 11.6 Å². The second kappa shape index (κ2) is 6.49. The van der Waals surface area contributed by atoms with Crippen molar-refractivity contribution in [1.82, 2.24) is 9.29 Å². The van der Waals surface area contributed by atoms with E-state index in [1.54, 1.807) is 0 Å². The molecule has 0 bridgehead atoms. The summed E-state index contributed by atoms with van der Waals surface area (Å²) in [5.74, 6) is 0.0580. The third-order valence-electron chi connectivity index (χ3n) is 2.38. The number of hydrogen-bond donors (Lipinski definition) is 2. The summed E-state index contributed by atoms with van der Waals surface area (Å²) in [6, 6.07) is 1.22. The first kappa shape index (κ1) is 16.1. The van der Waals surface area contributed by atoms with Crippen molar-refractivity contribution in [2.75, 3.05) is 33.0 Å². The Morgan fingerprint density at radius 3 is 2.79 bits per heavy atom. The minimum atomic E-state index is -3.78. The molecule has 9 heteroatoms. The number of nitrogens with two attached hydrogens (primary N) is 1. The summed E-state index contributed by atoms with van der Waals surface area (Å²) in [5.41, 5.74) is 5.42. The summed E-state index contributed by atoms with van der Waals surface area (Å²) in [5, 5.41) is 9.60. The molecule has 0 spiro atoms. The number of sulfonamides is 1. The molecule has 19 heavy (non-hydrogen) atoms. The molecule has 1 rings (SSSR count). The number of halogens is 1. The van der Waals surface area contributed by atoms with Crippen molar-refractivity contribution >= 4 is 27.4 Å². The maximum atomic E-state index is 12.2. The van der Waals surface area contributed by atoms with Gasteiger partial charge in [0.2, 0.25) is 10.0 Å². The number of rotatable bonds is 6. The Bertz CT molecular complexity index is 538. The van der Waals surface area contributed by atoms with Crippen LogP contribution >= 0.6 is 11.6 Å². The lowest BCUT2D eigenvalue weighted by Gasteiger charge is -2.20. The third-order valence-corrected chi connectivity index (χ3v) is 4.47. The highest BCUT2D eigenvalue weighted by molar-refractivity contribution is 7.89. The van der Waals surface area contributed by atoms with Gasteiger partial charge in [0.25, 0.3) is 0 Å². The van der Waals surface area contributed by atoms with E-state index in [9.17, 15) is 13.5 Å². The van der Waals surface area contributed by atoms with Gasteiger partial charge in [-0.05, 0) is 6.07 Å². The van der Waals surface area contributed by atoms with Gasteiger partial charge in [0, 0.05) is 26.9 Å². The normalized spacial score (nSPS) is 13.7. The lowest BCUT2D eigenvalue weighted by atomic mass is 10.4. The Morgan fingerprint density at radius 1 is 1.63 bits per heavy atom. The van der Waals surface area contributed by atoms with Crippen LogP contribution in [-0.2, 0) is 14.8 Å². The highest BCUT2D eigenvalue weighted by Gasteiger charge is 2.24. The molecule has 0 aliphatic heterocycles. The number of nitrogens with zero attached hydrogens (tertiary/aromatic N) is 2. The van der Waals surface area contributed by atoms with Crippen LogP contribution in [0.1, 0.15) is 0 Å². The fourth-order valence-electron chi connectivity index (χ4n) is 1.39. The molecule has 1 unspecified atom stereocenters. The Hall–Kier alpha value is -0.930.